The lowest BCUT2D eigenvalue weighted by Gasteiger charge is -2.35. The molecule has 3 heterocycles. The minimum Gasteiger partial charge on any atom is -0.367 e. The van der Waals surface area contributed by atoms with Gasteiger partial charge in [-0.25, -0.2) is 9.97 Å². The van der Waals surface area contributed by atoms with E-state index >= 15 is 0 Å². The first kappa shape index (κ1) is 16.8. The number of anilines is 2. The predicted molar refractivity (Wildman–Crippen MR) is 102 cm³/mol. The number of hydrogen-bond donors (Lipinski definition) is 1. The lowest BCUT2D eigenvalue weighted by Crippen LogP contribution is -2.49. The molecule has 6 nitrogen and oxygen atoms in total. The van der Waals surface area contributed by atoms with Crippen molar-refractivity contribution in [2.24, 2.45) is 0 Å². The Morgan fingerprint density at radius 2 is 1.81 bits per heavy atom. The fourth-order valence-electron chi connectivity index (χ4n) is 3.75. The van der Waals surface area contributed by atoms with Crippen LogP contribution in [0, 0.1) is 0 Å². The molecule has 0 atom stereocenters. The molecular formula is C20H25N5O. The van der Waals surface area contributed by atoms with Crippen LogP contribution >= 0.6 is 0 Å². The molecule has 6 heteroatoms. The summed E-state index contributed by atoms with van der Waals surface area (Å²) in [6, 6.07) is 10.3. The first-order valence-corrected chi connectivity index (χ1v) is 9.47. The summed E-state index contributed by atoms with van der Waals surface area (Å²) in [5, 5.41) is 3.46. The second kappa shape index (κ2) is 7.72. The monoisotopic (exact) mass is 351 g/mol. The fraction of sp³-hybridized carbons (Fsp3) is 0.450. The van der Waals surface area contributed by atoms with E-state index in [-0.39, 0.29) is 5.91 Å². The van der Waals surface area contributed by atoms with Crippen LogP contribution in [0.1, 0.15) is 36.0 Å². The molecule has 0 radical (unpaired) electrons. The van der Waals surface area contributed by atoms with Crippen LogP contribution in [0.25, 0.3) is 0 Å². The van der Waals surface area contributed by atoms with Gasteiger partial charge in [-0.2, -0.15) is 0 Å². The average molecular weight is 351 g/mol. The van der Waals surface area contributed by atoms with Crippen LogP contribution < -0.4 is 10.2 Å². The van der Waals surface area contributed by atoms with Crippen LogP contribution in [0.2, 0.25) is 0 Å². The quantitative estimate of drug-likeness (QED) is 0.918. The van der Waals surface area contributed by atoms with E-state index in [1.807, 2.05) is 35.2 Å². The summed E-state index contributed by atoms with van der Waals surface area (Å²) in [6.07, 6.45) is 8.51. The number of carbonyl (C=O) groups is 1. The Labute approximate surface area is 154 Å². The number of hydrogen-bond acceptors (Lipinski definition) is 5. The Kier molecular flexibility index (Phi) is 5.00. The molecular weight excluding hydrogens is 326 g/mol. The van der Waals surface area contributed by atoms with Crippen molar-refractivity contribution >= 4 is 17.5 Å². The number of nitrogens with one attached hydrogen (secondary N) is 1. The molecule has 1 aliphatic heterocycles. The molecule has 2 fully saturated rings. The third-order valence-electron chi connectivity index (χ3n) is 5.26. The number of piperazine rings is 1. The van der Waals surface area contributed by atoms with Crippen LogP contribution in [-0.4, -0.2) is 53.0 Å². The maximum atomic E-state index is 12.7. The molecule has 2 aromatic heterocycles. The number of rotatable bonds is 4. The van der Waals surface area contributed by atoms with Crippen molar-refractivity contribution in [2.75, 3.05) is 36.4 Å². The van der Waals surface area contributed by atoms with Crippen molar-refractivity contribution in [1.29, 1.82) is 0 Å². The van der Waals surface area contributed by atoms with E-state index in [0.717, 1.165) is 24.7 Å². The van der Waals surface area contributed by atoms with Gasteiger partial charge in [-0.3, -0.25) is 4.79 Å². The molecule has 1 saturated heterocycles. The van der Waals surface area contributed by atoms with Gasteiger partial charge in [0, 0.05) is 44.6 Å². The van der Waals surface area contributed by atoms with Gasteiger partial charge in [0.2, 0.25) is 0 Å². The van der Waals surface area contributed by atoms with Crippen molar-refractivity contribution in [3.63, 3.8) is 0 Å². The van der Waals surface area contributed by atoms with Crippen molar-refractivity contribution in [3.8, 4) is 0 Å². The van der Waals surface area contributed by atoms with Gasteiger partial charge >= 0.3 is 0 Å². The zero-order chi connectivity index (χ0) is 17.8. The van der Waals surface area contributed by atoms with Gasteiger partial charge in [0.1, 0.15) is 11.6 Å². The zero-order valence-electron chi connectivity index (χ0n) is 15.0. The predicted octanol–water partition coefficient (Wildman–Crippen LogP) is 2.79. The highest BCUT2D eigenvalue weighted by molar-refractivity contribution is 5.94. The fourth-order valence-corrected chi connectivity index (χ4v) is 3.75. The summed E-state index contributed by atoms with van der Waals surface area (Å²) in [7, 11) is 0. The molecule has 1 saturated carbocycles. The number of carbonyl (C=O) groups excluding carboxylic acids is 1. The molecule has 0 spiro atoms. The molecule has 136 valence electrons. The highest BCUT2D eigenvalue weighted by Gasteiger charge is 2.23. The molecule has 1 N–H and O–H groups in total. The van der Waals surface area contributed by atoms with Crippen LogP contribution in [0.3, 0.4) is 0 Å². The largest absolute Gasteiger partial charge is 0.367 e. The van der Waals surface area contributed by atoms with Gasteiger partial charge in [-0.1, -0.05) is 18.9 Å². The second-order valence-electron chi connectivity index (χ2n) is 7.03. The summed E-state index contributed by atoms with van der Waals surface area (Å²) in [5.74, 6) is 1.91. The molecule has 0 bridgehead atoms. The maximum Gasteiger partial charge on any atom is 0.255 e. The lowest BCUT2D eigenvalue weighted by atomic mass is 10.2. The number of amides is 1. The number of pyridine rings is 2. The SMILES string of the molecule is O=C(c1ccc(NC2CCCC2)nc1)N1CCN(c2ccccn2)CC1. The van der Waals surface area contributed by atoms with Gasteiger partial charge in [0.25, 0.3) is 5.91 Å². The van der Waals surface area contributed by atoms with Crippen LogP contribution in [0.5, 0.6) is 0 Å². The molecule has 1 amide bonds. The van der Waals surface area contributed by atoms with Gasteiger partial charge in [-0.05, 0) is 37.1 Å². The van der Waals surface area contributed by atoms with Crippen molar-refractivity contribution in [2.45, 2.75) is 31.7 Å². The third kappa shape index (κ3) is 3.79. The van der Waals surface area contributed by atoms with Crippen molar-refractivity contribution < 1.29 is 4.79 Å². The Hall–Kier alpha value is -2.63. The lowest BCUT2D eigenvalue weighted by molar-refractivity contribution is 0.0746. The van der Waals surface area contributed by atoms with E-state index in [4.69, 9.17) is 0 Å². The highest BCUT2D eigenvalue weighted by atomic mass is 16.2. The Balaban J connectivity index is 1.33. The summed E-state index contributed by atoms with van der Waals surface area (Å²) >= 11 is 0. The van der Waals surface area contributed by atoms with Gasteiger partial charge in [0.05, 0.1) is 5.56 Å². The Morgan fingerprint density at radius 1 is 1.00 bits per heavy atom. The van der Waals surface area contributed by atoms with E-state index < -0.39 is 0 Å². The smallest absolute Gasteiger partial charge is 0.255 e. The topological polar surface area (TPSA) is 61.4 Å². The minimum atomic E-state index is 0.0607. The van der Waals surface area contributed by atoms with Crippen LogP contribution in [0.4, 0.5) is 11.6 Å². The van der Waals surface area contributed by atoms with E-state index in [1.165, 1.54) is 25.7 Å². The first-order valence-electron chi connectivity index (χ1n) is 9.47. The molecule has 2 aliphatic rings. The van der Waals surface area contributed by atoms with E-state index in [2.05, 4.69) is 20.2 Å². The van der Waals surface area contributed by atoms with E-state index in [9.17, 15) is 4.79 Å². The normalized spacial score (nSPS) is 18.2. The zero-order valence-corrected chi connectivity index (χ0v) is 15.0. The molecule has 0 aromatic carbocycles. The minimum absolute atomic E-state index is 0.0607. The second-order valence-corrected chi connectivity index (χ2v) is 7.03. The number of aromatic nitrogens is 2. The van der Waals surface area contributed by atoms with Crippen molar-refractivity contribution in [3.05, 3.63) is 48.3 Å². The van der Waals surface area contributed by atoms with Gasteiger partial charge in [-0.15, -0.1) is 0 Å². The standard InChI is InChI=1S/C20H25N5O/c26-20(16-8-9-18(22-15-16)23-17-5-1-2-6-17)25-13-11-24(12-14-25)19-7-3-4-10-21-19/h3-4,7-10,15,17H,1-2,5-6,11-14H2,(H,22,23). The van der Waals surface area contributed by atoms with Gasteiger partial charge in [0.15, 0.2) is 0 Å². The maximum absolute atomic E-state index is 12.7. The first-order chi connectivity index (χ1) is 12.8. The van der Waals surface area contributed by atoms with Crippen LogP contribution in [-0.2, 0) is 0 Å². The highest BCUT2D eigenvalue weighted by Crippen LogP contribution is 2.21. The molecule has 0 unspecified atom stereocenters. The average Bonchev–Trinajstić information content (AvgIpc) is 3.22. The van der Waals surface area contributed by atoms with Crippen molar-refractivity contribution in [1.82, 2.24) is 14.9 Å². The van der Waals surface area contributed by atoms with Gasteiger partial charge < -0.3 is 15.1 Å². The van der Waals surface area contributed by atoms with Crippen LogP contribution in [0.15, 0.2) is 42.7 Å². The Morgan fingerprint density at radius 3 is 2.46 bits per heavy atom. The number of nitrogens with zero attached hydrogens (tertiary/aromatic N) is 4. The molecule has 26 heavy (non-hydrogen) atoms. The molecule has 1 aliphatic carbocycles. The molecule has 2 aromatic rings. The van der Waals surface area contributed by atoms with E-state index in [0.29, 0.717) is 24.7 Å². The molecule has 4 rings (SSSR count). The summed E-state index contributed by atoms with van der Waals surface area (Å²) in [5.41, 5.74) is 0.660. The summed E-state index contributed by atoms with van der Waals surface area (Å²) in [6.45, 7) is 3.02. The summed E-state index contributed by atoms with van der Waals surface area (Å²) in [4.78, 5) is 25.7. The third-order valence-corrected chi connectivity index (χ3v) is 5.26. The van der Waals surface area contributed by atoms with E-state index in [1.54, 1.807) is 12.4 Å². The summed E-state index contributed by atoms with van der Waals surface area (Å²) < 4.78 is 0. The Bertz CT molecular complexity index is 720.